The molecule has 0 unspecified atom stereocenters. The van der Waals surface area contributed by atoms with Crippen LogP contribution < -0.4 is 10.5 Å². The molecule has 0 N–H and O–H groups in total. The first-order valence-electron chi connectivity index (χ1n) is 10.00. The first kappa shape index (κ1) is 19.6. The summed E-state index contributed by atoms with van der Waals surface area (Å²) >= 11 is 0. The van der Waals surface area contributed by atoms with Gasteiger partial charge in [-0.25, -0.2) is 4.39 Å². The Morgan fingerprint density at radius 1 is 1.00 bits per heavy atom. The third kappa shape index (κ3) is 3.53. The van der Waals surface area contributed by atoms with E-state index in [4.69, 9.17) is 0 Å². The largest absolute Gasteiger partial charge is 0.368 e. The van der Waals surface area contributed by atoms with Gasteiger partial charge in [-0.05, 0) is 56.7 Å². The van der Waals surface area contributed by atoms with Gasteiger partial charge in [-0.15, -0.1) is 0 Å². The lowest BCUT2D eigenvalue weighted by Gasteiger charge is -2.43. The van der Waals surface area contributed by atoms with Gasteiger partial charge in [0.1, 0.15) is 5.82 Å². The molecule has 4 rings (SSSR count). The van der Waals surface area contributed by atoms with Crippen LogP contribution in [0.5, 0.6) is 0 Å². The van der Waals surface area contributed by atoms with Crippen molar-refractivity contribution in [3.8, 4) is 11.1 Å². The van der Waals surface area contributed by atoms with Crippen molar-refractivity contribution < 1.29 is 4.39 Å². The maximum atomic E-state index is 14.2. The number of fused-ring (bicyclic) bond motifs is 1. The summed E-state index contributed by atoms with van der Waals surface area (Å²) in [5.41, 5.74) is 2.99. The van der Waals surface area contributed by atoms with Crippen LogP contribution in [0.25, 0.3) is 22.0 Å². The number of halogens is 1. The molecule has 1 saturated heterocycles. The number of pyridine rings is 2. The predicted octanol–water partition coefficient (Wildman–Crippen LogP) is 3.66. The summed E-state index contributed by atoms with van der Waals surface area (Å²) in [4.78, 5) is 22.1. The minimum absolute atomic E-state index is 0.0800. The van der Waals surface area contributed by atoms with Crippen molar-refractivity contribution in [1.29, 1.82) is 0 Å². The molecule has 152 valence electrons. The van der Waals surface area contributed by atoms with E-state index in [1.807, 2.05) is 12.1 Å². The standard InChI is InChI=1S/C23H27FN4O/c1-23(2,3)28-13-11-27(12-14-28)21-18-15-17(24)5-6-19(18)26(4)22(29)20(21)16-7-9-25-10-8-16/h5-10,15H,11-14H2,1-4H3. The molecule has 0 bridgehead atoms. The maximum absolute atomic E-state index is 14.2. The zero-order valence-corrected chi connectivity index (χ0v) is 17.4. The molecule has 3 heterocycles. The van der Waals surface area contributed by atoms with Crippen LogP contribution in [0.2, 0.25) is 0 Å². The minimum Gasteiger partial charge on any atom is -0.368 e. The minimum atomic E-state index is -0.300. The lowest BCUT2D eigenvalue weighted by Crippen LogP contribution is -2.53. The Morgan fingerprint density at radius 3 is 2.28 bits per heavy atom. The molecule has 1 aliphatic heterocycles. The number of benzene rings is 1. The van der Waals surface area contributed by atoms with Gasteiger partial charge in [0.15, 0.2) is 0 Å². The monoisotopic (exact) mass is 394 g/mol. The zero-order valence-electron chi connectivity index (χ0n) is 17.4. The molecule has 0 aliphatic carbocycles. The smallest absolute Gasteiger partial charge is 0.260 e. The van der Waals surface area contributed by atoms with Crippen molar-refractivity contribution in [2.24, 2.45) is 7.05 Å². The van der Waals surface area contributed by atoms with Gasteiger partial charge in [0, 0.05) is 56.5 Å². The molecule has 1 fully saturated rings. The van der Waals surface area contributed by atoms with Crippen LogP contribution in [0, 0.1) is 5.82 Å². The summed E-state index contributed by atoms with van der Waals surface area (Å²) in [6.07, 6.45) is 3.37. The van der Waals surface area contributed by atoms with Crippen molar-refractivity contribution in [3.63, 3.8) is 0 Å². The van der Waals surface area contributed by atoms with Crippen molar-refractivity contribution in [2.75, 3.05) is 31.1 Å². The Balaban J connectivity index is 1.93. The van der Waals surface area contributed by atoms with Crippen molar-refractivity contribution in [1.82, 2.24) is 14.5 Å². The Bertz CT molecular complexity index is 1090. The van der Waals surface area contributed by atoms with E-state index in [0.29, 0.717) is 5.56 Å². The summed E-state index contributed by atoms with van der Waals surface area (Å²) in [5.74, 6) is -0.300. The summed E-state index contributed by atoms with van der Waals surface area (Å²) in [5, 5.41) is 0.767. The number of aromatic nitrogens is 2. The number of hydrogen-bond donors (Lipinski definition) is 0. The zero-order chi connectivity index (χ0) is 20.8. The fourth-order valence-corrected chi connectivity index (χ4v) is 4.21. The summed E-state index contributed by atoms with van der Waals surface area (Å²) in [6.45, 7) is 10.0. The molecule has 29 heavy (non-hydrogen) atoms. The van der Waals surface area contributed by atoms with Crippen LogP contribution in [0.1, 0.15) is 20.8 Å². The Labute approximate surface area is 170 Å². The van der Waals surface area contributed by atoms with Crippen LogP contribution in [-0.4, -0.2) is 46.2 Å². The maximum Gasteiger partial charge on any atom is 0.260 e. The summed E-state index contributed by atoms with van der Waals surface area (Å²) in [6, 6.07) is 8.34. The van der Waals surface area contributed by atoms with Gasteiger partial charge in [0.05, 0.1) is 16.8 Å². The molecule has 2 aromatic heterocycles. The number of nitrogens with zero attached hydrogens (tertiary/aromatic N) is 4. The molecule has 1 aromatic carbocycles. The predicted molar refractivity (Wildman–Crippen MR) is 116 cm³/mol. The van der Waals surface area contributed by atoms with E-state index >= 15 is 0 Å². The van der Waals surface area contributed by atoms with Crippen LogP contribution >= 0.6 is 0 Å². The average Bonchev–Trinajstić information content (AvgIpc) is 2.70. The quantitative estimate of drug-likeness (QED) is 0.665. The topological polar surface area (TPSA) is 41.4 Å². The number of aryl methyl sites for hydroxylation is 1. The van der Waals surface area contributed by atoms with Gasteiger partial charge in [0.2, 0.25) is 0 Å². The molecular weight excluding hydrogens is 367 g/mol. The highest BCUT2D eigenvalue weighted by Gasteiger charge is 2.29. The average molecular weight is 394 g/mol. The highest BCUT2D eigenvalue weighted by atomic mass is 19.1. The molecule has 5 nitrogen and oxygen atoms in total. The Morgan fingerprint density at radius 2 is 1.66 bits per heavy atom. The number of piperazine rings is 1. The number of hydrogen-bond acceptors (Lipinski definition) is 4. The van der Waals surface area contributed by atoms with Gasteiger partial charge in [-0.2, -0.15) is 0 Å². The summed E-state index contributed by atoms with van der Waals surface area (Å²) < 4.78 is 15.9. The Kier molecular flexibility index (Phi) is 4.90. The number of rotatable bonds is 2. The lowest BCUT2D eigenvalue weighted by atomic mass is 9.99. The van der Waals surface area contributed by atoms with Crippen molar-refractivity contribution in [2.45, 2.75) is 26.3 Å². The highest BCUT2D eigenvalue weighted by Crippen LogP contribution is 2.36. The van der Waals surface area contributed by atoms with Gasteiger partial charge >= 0.3 is 0 Å². The third-order valence-electron chi connectivity index (χ3n) is 5.84. The number of anilines is 1. The Hall–Kier alpha value is -2.73. The van der Waals surface area contributed by atoms with Crippen LogP contribution in [0.15, 0.2) is 47.5 Å². The normalized spacial score (nSPS) is 15.8. The van der Waals surface area contributed by atoms with E-state index < -0.39 is 0 Å². The molecule has 0 atom stereocenters. The van der Waals surface area contributed by atoms with Gasteiger partial charge < -0.3 is 9.47 Å². The van der Waals surface area contributed by atoms with Crippen molar-refractivity contribution >= 4 is 16.6 Å². The molecule has 0 radical (unpaired) electrons. The SMILES string of the molecule is Cn1c(=O)c(-c2ccncc2)c(N2CCN(C(C)(C)C)CC2)c2cc(F)ccc21. The fourth-order valence-electron chi connectivity index (χ4n) is 4.21. The van der Waals surface area contributed by atoms with E-state index in [2.05, 4.69) is 35.6 Å². The fraction of sp³-hybridized carbons (Fsp3) is 0.391. The van der Waals surface area contributed by atoms with E-state index in [1.54, 1.807) is 36.1 Å². The molecule has 6 heteroatoms. The molecule has 3 aromatic rings. The molecule has 0 spiro atoms. The second-order valence-corrected chi connectivity index (χ2v) is 8.63. The second kappa shape index (κ2) is 7.26. The van der Waals surface area contributed by atoms with Crippen LogP contribution in [0.3, 0.4) is 0 Å². The van der Waals surface area contributed by atoms with Gasteiger partial charge in [-0.1, -0.05) is 0 Å². The highest BCUT2D eigenvalue weighted by molar-refractivity contribution is 6.00. The molecule has 1 aliphatic rings. The molecule has 0 amide bonds. The van der Waals surface area contributed by atoms with E-state index in [0.717, 1.165) is 48.3 Å². The van der Waals surface area contributed by atoms with Gasteiger partial charge in [0.25, 0.3) is 5.56 Å². The van der Waals surface area contributed by atoms with Crippen LogP contribution in [0.4, 0.5) is 10.1 Å². The van der Waals surface area contributed by atoms with Gasteiger partial charge in [-0.3, -0.25) is 14.7 Å². The first-order valence-corrected chi connectivity index (χ1v) is 10.00. The molecular formula is C23H27FN4O. The third-order valence-corrected chi connectivity index (χ3v) is 5.84. The van der Waals surface area contributed by atoms with E-state index in [1.165, 1.54) is 6.07 Å². The van der Waals surface area contributed by atoms with E-state index in [9.17, 15) is 9.18 Å². The first-order chi connectivity index (χ1) is 13.8. The second-order valence-electron chi connectivity index (χ2n) is 8.63. The lowest BCUT2D eigenvalue weighted by molar-refractivity contribution is 0.128. The van der Waals surface area contributed by atoms with Crippen molar-refractivity contribution in [3.05, 3.63) is 58.9 Å². The van der Waals surface area contributed by atoms with Crippen LogP contribution in [-0.2, 0) is 7.05 Å². The van der Waals surface area contributed by atoms with E-state index in [-0.39, 0.29) is 16.9 Å². The molecule has 0 saturated carbocycles. The summed E-state index contributed by atoms with van der Waals surface area (Å²) in [7, 11) is 1.74.